The molecule has 0 saturated heterocycles. The smallest absolute Gasteiger partial charge is 0.416 e. The van der Waals surface area contributed by atoms with E-state index in [0.29, 0.717) is 17.6 Å². The predicted octanol–water partition coefficient (Wildman–Crippen LogP) is 2.59. The average Bonchev–Trinajstić information content (AvgIpc) is 3.17. The highest BCUT2D eigenvalue weighted by Gasteiger charge is 2.31. The molecule has 0 radical (unpaired) electrons. The molecule has 1 amide bonds. The lowest BCUT2D eigenvalue weighted by molar-refractivity contribution is -0.141. The second kappa shape index (κ2) is 8.21. The number of ketones is 1. The number of carbonyl (C=O) groups is 3. The number of rotatable bonds is 6. The number of hydrogen-bond donors (Lipinski definition) is 1. The summed E-state index contributed by atoms with van der Waals surface area (Å²) in [6.07, 6.45) is -4.59. The normalized spacial score (nSPS) is 12.4. The van der Waals surface area contributed by atoms with Gasteiger partial charge in [-0.15, -0.1) is 0 Å². The van der Waals surface area contributed by atoms with Crippen LogP contribution in [0.2, 0.25) is 0 Å². The van der Waals surface area contributed by atoms with Gasteiger partial charge >= 0.3 is 12.1 Å². The number of alkyl halides is 3. The molecule has 3 rings (SSSR count). The fraction of sp³-hybridized carbons (Fsp3) is 0.211. The molecule has 29 heavy (non-hydrogen) atoms. The number of ether oxygens (including phenoxy) is 3. The van der Waals surface area contributed by atoms with Gasteiger partial charge in [-0.1, -0.05) is 12.1 Å². The van der Waals surface area contributed by atoms with Gasteiger partial charge in [0.15, 0.2) is 23.9 Å². The summed E-state index contributed by atoms with van der Waals surface area (Å²) in [5, 5.41) is 2.31. The van der Waals surface area contributed by atoms with E-state index >= 15 is 0 Å². The van der Waals surface area contributed by atoms with Crippen LogP contribution in [0, 0.1) is 0 Å². The Kier molecular flexibility index (Phi) is 5.71. The van der Waals surface area contributed by atoms with Crippen LogP contribution in [0.15, 0.2) is 42.5 Å². The van der Waals surface area contributed by atoms with Gasteiger partial charge in [0, 0.05) is 11.1 Å². The highest BCUT2D eigenvalue weighted by atomic mass is 19.4. The summed E-state index contributed by atoms with van der Waals surface area (Å²) in [7, 11) is 0. The third kappa shape index (κ3) is 5.03. The van der Waals surface area contributed by atoms with Gasteiger partial charge in [0.1, 0.15) is 6.54 Å². The first-order valence-electron chi connectivity index (χ1n) is 8.28. The summed E-state index contributed by atoms with van der Waals surface area (Å²) in [6, 6.07) is 8.25. The van der Waals surface area contributed by atoms with E-state index in [4.69, 9.17) is 14.2 Å². The van der Waals surface area contributed by atoms with Crippen LogP contribution in [0.25, 0.3) is 0 Å². The Morgan fingerprint density at radius 1 is 1.00 bits per heavy atom. The van der Waals surface area contributed by atoms with Crippen molar-refractivity contribution in [2.24, 2.45) is 0 Å². The summed E-state index contributed by atoms with van der Waals surface area (Å²) in [6.45, 7) is -1.23. The molecule has 0 fully saturated rings. The quantitative estimate of drug-likeness (QED) is 0.583. The second-order valence-corrected chi connectivity index (χ2v) is 5.91. The Balaban J connectivity index is 1.48. The highest BCUT2D eigenvalue weighted by molar-refractivity contribution is 5.99. The van der Waals surface area contributed by atoms with Gasteiger partial charge in [-0.2, -0.15) is 13.2 Å². The molecular weight excluding hydrogens is 395 g/mol. The molecule has 2 aromatic rings. The zero-order valence-electron chi connectivity index (χ0n) is 14.7. The van der Waals surface area contributed by atoms with E-state index in [1.807, 2.05) is 0 Å². The fourth-order valence-corrected chi connectivity index (χ4v) is 2.44. The van der Waals surface area contributed by atoms with Gasteiger partial charge < -0.3 is 19.5 Å². The fourth-order valence-electron chi connectivity index (χ4n) is 2.44. The number of hydrogen-bond acceptors (Lipinski definition) is 6. The largest absolute Gasteiger partial charge is 0.456 e. The van der Waals surface area contributed by atoms with Crippen molar-refractivity contribution in [3.8, 4) is 11.5 Å². The van der Waals surface area contributed by atoms with Crippen LogP contribution in [0.5, 0.6) is 11.5 Å². The predicted molar refractivity (Wildman–Crippen MR) is 91.6 cm³/mol. The van der Waals surface area contributed by atoms with E-state index in [1.54, 1.807) is 6.07 Å². The molecule has 1 aliphatic rings. The molecule has 0 aliphatic carbocycles. The first kappa shape index (κ1) is 20.2. The van der Waals surface area contributed by atoms with Crippen molar-refractivity contribution in [2.45, 2.75) is 6.18 Å². The molecule has 2 aromatic carbocycles. The third-order valence-corrected chi connectivity index (χ3v) is 3.90. The molecule has 0 atom stereocenters. The zero-order chi connectivity index (χ0) is 21.0. The third-order valence-electron chi connectivity index (χ3n) is 3.90. The van der Waals surface area contributed by atoms with E-state index < -0.39 is 42.6 Å². The van der Waals surface area contributed by atoms with Crippen molar-refractivity contribution in [3.05, 3.63) is 59.2 Å². The van der Waals surface area contributed by atoms with Gasteiger partial charge in [-0.25, -0.2) is 0 Å². The highest BCUT2D eigenvalue weighted by Crippen LogP contribution is 2.32. The molecule has 1 aliphatic heterocycles. The van der Waals surface area contributed by atoms with E-state index in [-0.39, 0.29) is 17.9 Å². The minimum Gasteiger partial charge on any atom is -0.456 e. The van der Waals surface area contributed by atoms with Crippen LogP contribution in [0.1, 0.15) is 26.3 Å². The van der Waals surface area contributed by atoms with Gasteiger partial charge in [0.05, 0.1) is 5.56 Å². The van der Waals surface area contributed by atoms with Crippen LogP contribution >= 0.6 is 0 Å². The molecule has 1 N–H and O–H groups in total. The maximum Gasteiger partial charge on any atom is 0.416 e. The van der Waals surface area contributed by atoms with E-state index in [9.17, 15) is 27.6 Å². The topological polar surface area (TPSA) is 90.9 Å². The molecule has 1 heterocycles. The summed E-state index contributed by atoms with van der Waals surface area (Å²) < 4.78 is 53.0. The van der Waals surface area contributed by atoms with Crippen molar-refractivity contribution in [1.29, 1.82) is 0 Å². The van der Waals surface area contributed by atoms with Gasteiger partial charge in [-0.05, 0) is 30.3 Å². The Bertz CT molecular complexity index is 957. The number of nitrogens with one attached hydrogen (secondary N) is 1. The average molecular weight is 409 g/mol. The SMILES string of the molecule is O=C(CNC(=O)c1ccc2c(c1)OCO2)OCC(=O)c1cccc(C(F)(F)F)c1. The van der Waals surface area contributed by atoms with Gasteiger partial charge in [0.2, 0.25) is 6.79 Å². The van der Waals surface area contributed by atoms with Crippen molar-refractivity contribution >= 4 is 17.7 Å². The summed E-state index contributed by atoms with van der Waals surface area (Å²) in [5.41, 5.74) is -0.996. The molecule has 10 heteroatoms. The summed E-state index contributed by atoms with van der Waals surface area (Å²) in [5.74, 6) is -1.41. The van der Waals surface area contributed by atoms with E-state index in [0.717, 1.165) is 12.1 Å². The zero-order valence-corrected chi connectivity index (χ0v) is 14.7. The second-order valence-electron chi connectivity index (χ2n) is 5.91. The van der Waals surface area contributed by atoms with Crippen molar-refractivity contribution in [3.63, 3.8) is 0 Å². The number of esters is 1. The Labute approximate surface area is 162 Å². The van der Waals surface area contributed by atoms with E-state index in [1.165, 1.54) is 18.2 Å². The monoisotopic (exact) mass is 409 g/mol. The molecule has 7 nitrogen and oxygen atoms in total. The minimum absolute atomic E-state index is 0.0483. The summed E-state index contributed by atoms with van der Waals surface area (Å²) >= 11 is 0. The number of amides is 1. The Hall–Kier alpha value is -3.56. The van der Waals surface area contributed by atoms with Gasteiger partial charge in [0.25, 0.3) is 5.91 Å². The van der Waals surface area contributed by atoms with Crippen molar-refractivity contribution in [2.75, 3.05) is 19.9 Å². The lowest BCUT2D eigenvalue weighted by atomic mass is 10.1. The first-order valence-corrected chi connectivity index (χ1v) is 8.28. The van der Waals surface area contributed by atoms with Crippen molar-refractivity contribution in [1.82, 2.24) is 5.32 Å². The Morgan fingerprint density at radius 3 is 2.52 bits per heavy atom. The molecule has 0 unspecified atom stereocenters. The van der Waals surface area contributed by atoms with Crippen LogP contribution in [0.3, 0.4) is 0 Å². The van der Waals surface area contributed by atoms with Crippen LogP contribution < -0.4 is 14.8 Å². The molecule has 0 aromatic heterocycles. The van der Waals surface area contributed by atoms with Crippen LogP contribution in [0.4, 0.5) is 13.2 Å². The molecule has 0 spiro atoms. The number of benzene rings is 2. The number of halogens is 3. The van der Waals surface area contributed by atoms with E-state index in [2.05, 4.69) is 5.32 Å². The first-order chi connectivity index (χ1) is 13.7. The lowest BCUT2D eigenvalue weighted by Gasteiger charge is -2.09. The van der Waals surface area contributed by atoms with Crippen molar-refractivity contribution < 1.29 is 41.8 Å². The van der Waals surface area contributed by atoms with Crippen LogP contribution in [-0.2, 0) is 15.7 Å². The molecular formula is C19H14F3NO6. The number of carbonyl (C=O) groups excluding carboxylic acids is 3. The Morgan fingerprint density at radius 2 is 1.76 bits per heavy atom. The molecule has 152 valence electrons. The maximum atomic E-state index is 12.7. The lowest BCUT2D eigenvalue weighted by Crippen LogP contribution is -2.31. The maximum absolute atomic E-state index is 12.7. The number of Topliss-reactive ketones (excluding diaryl/α,β-unsaturated/α-hetero) is 1. The molecule has 0 bridgehead atoms. The summed E-state index contributed by atoms with van der Waals surface area (Å²) in [4.78, 5) is 35.7. The van der Waals surface area contributed by atoms with Crippen LogP contribution in [-0.4, -0.2) is 37.6 Å². The van der Waals surface area contributed by atoms with Gasteiger partial charge in [-0.3, -0.25) is 14.4 Å². The minimum atomic E-state index is -4.59. The molecule has 0 saturated carbocycles. The standard InChI is InChI=1S/C19H14F3NO6/c20-19(21,22)13-3-1-2-11(6-13)14(24)9-27-17(25)8-23-18(26)12-4-5-15-16(7-12)29-10-28-15/h1-7H,8-10H2,(H,23,26). The number of fused-ring (bicyclic) bond motifs is 1.